The number of urea groups is 1. The highest BCUT2D eigenvalue weighted by molar-refractivity contribution is 5.75. The first kappa shape index (κ1) is 18.2. The van der Waals surface area contributed by atoms with E-state index >= 15 is 0 Å². The molecule has 0 aliphatic carbocycles. The van der Waals surface area contributed by atoms with E-state index in [1.54, 1.807) is 13.3 Å². The molecule has 1 aromatic carbocycles. The van der Waals surface area contributed by atoms with E-state index in [1.807, 2.05) is 30.9 Å². The minimum absolute atomic E-state index is 0.0310. The number of ether oxygens (including phenoxy) is 1. The van der Waals surface area contributed by atoms with E-state index in [4.69, 9.17) is 4.74 Å². The monoisotopic (exact) mass is 353 g/mol. The van der Waals surface area contributed by atoms with Crippen molar-refractivity contribution in [2.75, 3.05) is 13.7 Å². The van der Waals surface area contributed by atoms with Crippen LogP contribution in [0.2, 0.25) is 0 Å². The fourth-order valence-corrected chi connectivity index (χ4v) is 3.80. The SMILES string of the molecule is COc1c(C)cnc(CNC(=O)N2CCC[C@@H]2c2ccccc2C)c1C. The summed E-state index contributed by atoms with van der Waals surface area (Å²) in [6.07, 6.45) is 3.83. The molecule has 0 saturated carbocycles. The summed E-state index contributed by atoms with van der Waals surface area (Å²) >= 11 is 0. The number of nitrogens with one attached hydrogen (secondary N) is 1. The molecule has 0 unspecified atom stereocenters. The fourth-order valence-electron chi connectivity index (χ4n) is 3.80. The van der Waals surface area contributed by atoms with Crippen LogP contribution < -0.4 is 10.1 Å². The van der Waals surface area contributed by atoms with Crippen LogP contribution in [0.4, 0.5) is 4.79 Å². The van der Waals surface area contributed by atoms with Crippen LogP contribution in [0.3, 0.4) is 0 Å². The van der Waals surface area contributed by atoms with Gasteiger partial charge in [-0.05, 0) is 44.7 Å². The molecule has 0 radical (unpaired) electrons. The average molecular weight is 353 g/mol. The van der Waals surface area contributed by atoms with Crippen LogP contribution >= 0.6 is 0 Å². The second-order valence-corrected chi connectivity index (χ2v) is 6.91. The van der Waals surface area contributed by atoms with Gasteiger partial charge in [0.25, 0.3) is 0 Å². The van der Waals surface area contributed by atoms with Gasteiger partial charge in [0.2, 0.25) is 0 Å². The van der Waals surface area contributed by atoms with Gasteiger partial charge in [-0.1, -0.05) is 24.3 Å². The van der Waals surface area contributed by atoms with Crippen molar-refractivity contribution in [3.8, 4) is 5.75 Å². The molecule has 2 aromatic rings. The summed E-state index contributed by atoms with van der Waals surface area (Å²) in [5.41, 5.74) is 5.29. The number of pyridine rings is 1. The first-order valence-electron chi connectivity index (χ1n) is 9.12. The van der Waals surface area contributed by atoms with Gasteiger partial charge in [-0.2, -0.15) is 0 Å². The molecule has 1 N–H and O–H groups in total. The van der Waals surface area contributed by atoms with Gasteiger partial charge in [-0.3, -0.25) is 4.98 Å². The average Bonchev–Trinajstić information content (AvgIpc) is 3.11. The van der Waals surface area contributed by atoms with E-state index < -0.39 is 0 Å². The molecule has 2 amide bonds. The molecule has 2 heterocycles. The molecule has 1 aromatic heterocycles. The molecule has 5 heteroatoms. The Kier molecular flexibility index (Phi) is 5.45. The van der Waals surface area contributed by atoms with Crippen LogP contribution in [0, 0.1) is 20.8 Å². The lowest BCUT2D eigenvalue weighted by atomic mass is 9.99. The number of carbonyl (C=O) groups is 1. The zero-order valence-electron chi connectivity index (χ0n) is 16.0. The quantitative estimate of drug-likeness (QED) is 0.902. The van der Waals surface area contributed by atoms with Gasteiger partial charge in [-0.25, -0.2) is 4.79 Å². The molecule has 3 rings (SSSR count). The maximum Gasteiger partial charge on any atom is 0.318 e. The lowest BCUT2D eigenvalue weighted by Gasteiger charge is -2.26. The van der Waals surface area contributed by atoms with Crippen molar-refractivity contribution in [3.63, 3.8) is 0 Å². The number of likely N-dealkylation sites (tertiary alicyclic amines) is 1. The Balaban J connectivity index is 1.71. The molecule has 0 spiro atoms. The van der Waals surface area contributed by atoms with E-state index in [0.717, 1.165) is 42.0 Å². The van der Waals surface area contributed by atoms with Crippen molar-refractivity contribution >= 4 is 6.03 Å². The van der Waals surface area contributed by atoms with Gasteiger partial charge in [0, 0.05) is 23.9 Å². The number of benzene rings is 1. The Morgan fingerprint density at radius 3 is 2.77 bits per heavy atom. The summed E-state index contributed by atoms with van der Waals surface area (Å²) in [5.74, 6) is 0.836. The second kappa shape index (κ2) is 7.77. The standard InChI is InChI=1S/C21H27N3O2/c1-14-8-5-6-9-17(14)19-10-7-11-24(19)21(25)23-13-18-16(3)20(26-4)15(2)12-22-18/h5-6,8-9,12,19H,7,10-11,13H2,1-4H3,(H,23,25)/t19-/m1/s1. The highest BCUT2D eigenvalue weighted by Crippen LogP contribution is 2.33. The highest BCUT2D eigenvalue weighted by Gasteiger charge is 2.30. The van der Waals surface area contributed by atoms with Crippen LogP contribution in [0.25, 0.3) is 0 Å². The third kappa shape index (κ3) is 3.52. The summed E-state index contributed by atoms with van der Waals surface area (Å²) in [6, 6.07) is 8.44. The van der Waals surface area contributed by atoms with Gasteiger partial charge in [0.1, 0.15) is 5.75 Å². The molecule has 1 saturated heterocycles. The smallest absolute Gasteiger partial charge is 0.318 e. The maximum atomic E-state index is 12.8. The summed E-state index contributed by atoms with van der Waals surface area (Å²) in [5, 5.41) is 3.04. The molecule has 26 heavy (non-hydrogen) atoms. The normalized spacial score (nSPS) is 16.6. The topological polar surface area (TPSA) is 54.5 Å². The summed E-state index contributed by atoms with van der Waals surface area (Å²) < 4.78 is 5.45. The Morgan fingerprint density at radius 2 is 2.04 bits per heavy atom. The number of aromatic nitrogens is 1. The molecular formula is C21H27N3O2. The van der Waals surface area contributed by atoms with Crippen molar-refractivity contribution in [1.82, 2.24) is 15.2 Å². The van der Waals surface area contributed by atoms with Crippen molar-refractivity contribution in [2.24, 2.45) is 0 Å². The van der Waals surface area contributed by atoms with Gasteiger partial charge >= 0.3 is 6.03 Å². The van der Waals surface area contributed by atoms with E-state index in [0.29, 0.717) is 6.54 Å². The lowest BCUT2D eigenvalue weighted by Crippen LogP contribution is -2.39. The van der Waals surface area contributed by atoms with E-state index in [-0.39, 0.29) is 12.1 Å². The Hall–Kier alpha value is -2.56. The Labute approximate surface area is 155 Å². The van der Waals surface area contributed by atoms with Gasteiger partial charge in [-0.15, -0.1) is 0 Å². The summed E-state index contributed by atoms with van der Waals surface area (Å²) in [7, 11) is 1.66. The van der Waals surface area contributed by atoms with E-state index in [9.17, 15) is 4.79 Å². The zero-order chi connectivity index (χ0) is 18.7. The fraction of sp³-hybridized carbons (Fsp3) is 0.429. The Morgan fingerprint density at radius 1 is 1.27 bits per heavy atom. The van der Waals surface area contributed by atoms with E-state index in [2.05, 4.69) is 29.4 Å². The van der Waals surface area contributed by atoms with Crippen LogP contribution in [-0.2, 0) is 6.54 Å². The number of aryl methyl sites for hydroxylation is 2. The van der Waals surface area contributed by atoms with Gasteiger partial charge < -0.3 is 15.0 Å². The molecule has 0 bridgehead atoms. The van der Waals surface area contributed by atoms with Gasteiger partial charge in [0.05, 0.1) is 25.4 Å². The molecule has 1 fully saturated rings. The predicted molar refractivity (Wildman–Crippen MR) is 102 cm³/mol. The van der Waals surface area contributed by atoms with Crippen molar-refractivity contribution in [3.05, 3.63) is 58.4 Å². The minimum Gasteiger partial charge on any atom is -0.496 e. The summed E-state index contributed by atoms with van der Waals surface area (Å²) in [6.45, 7) is 7.24. The van der Waals surface area contributed by atoms with Crippen LogP contribution in [0.5, 0.6) is 5.75 Å². The van der Waals surface area contributed by atoms with Gasteiger partial charge in [0.15, 0.2) is 0 Å². The number of amides is 2. The van der Waals surface area contributed by atoms with Crippen molar-refractivity contribution < 1.29 is 9.53 Å². The van der Waals surface area contributed by atoms with Crippen LogP contribution in [0.1, 0.15) is 46.8 Å². The third-order valence-corrected chi connectivity index (χ3v) is 5.22. The van der Waals surface area contributed by atoms with Crippen LogP contribution in [0.15, 0.2) is 30.5 Å². The molecule has 5 nitrogen and oxygen atoms in total. The Bertz CT molecular complexity index is 804. The third-order valence-electron chi connectivity index (χ3n) is 5.22. The maximum absolute atomic E-state index is 12.8. The number of hydrogen-bond donors (Lipinski definition) is 1. The molecule has 1 atom stereocenters. The number of nitrogens with zero attached hydrogens (tertiary/aromatic N) is 2. The second-order valence-electron chi connectivity index (χ2n) is 6.91. The zero-order valence-corrected chi connectivity index (χ0v) is 16.0. The van der Waals surface area contributed by atoms with Crippen molar-refractivity contribution in [1.29, 1.82) is 0 Å². The number of carbonyl (C=O) groups excluding carboxylic acids is 1. The minimum atomic E-state index is -0.0310. The number of rotatable bonds is 4. The first-order valence-corrected chi connectivity index (χ1v) is 9.12. The lowest BCUT2D eigenvalue weighted by molar-refractivity contribution is 0.192. The van der Waals surface area contributed by atoms with E-state index in [1.165, 1.54) is 11.1 Å². The largest absolute Gasteiger partial charge is 0.496 e. The highest BCUT2D eigenvalue weighted by atomic mass is 16.5. The molecule has 1 aliphatic heterocycles. The first-order chi connectivity index (χ1) is 12.5. The number of hydrogen-bond acceptors (Lipinski definition) is 3. The molecule has 1 aliphatic rings. The van der Waals surface area contributed by atoms with Crippen molar-refractivity contribution in [2.45, 2.75) is 46.2 Å². The number of methoxy groups -OCH3 is 1. The summed E-state index contributed by atoms with van der Waals surface area (Å²) in [4.78, 5) is 19.2. The van der Waals surface area contributed by atoms with Crippen LogP contribution in [-0.4, -0.2) is 29.6 Å². The molecule has 138 valence electrons. The predicted octanol–water partition coefficient (Wildman–Crippen LogP) is 4.06. The molecular weight excluding hydrogens is 326 g/mol.